The Morgan fingerprint density at radius 1 is 1.28 bits per heavy atom. The lowest BCUT2D eigenvalue weighted by Gasteiger charge is -2.39. The number of hydrogen-bond acceptors (Lipinski definition) is 5. The van der Waals surface area contributed by atoms with Crippen molar-refractivity contribution in [2.75, 3.05) is 26.3 Å². The maximum atomic E-state index is 12.9. The minimum absolute atomic E-state index is 0.142. The number of nitrogens with zero attached hydrogens (tertiary/aromatic N) is 4. The van der Waals surface area contributed by atoms with Gasteiger partial charge >= 0.3 is 6.09 Å². The van der Waals surface area contributed by atoms with Gasteiger partial charge in [-0.1, -0.05) is 6.92 Å². The van der Waals surface area contributed by atoms with Crippen molar-refractivity contribution >= 4 is 17.1 Å². The maximum Gasteiger partial charge on any atom is 0.410 e. The van der Waals surface area contributed by atoms with E-state index >= 15 is 0 Å². The van der Waals surface area contributed by atoms with Crippen molar-refractivity contribution in [3.8, 4) is 6.07 Å². The van der Waals surface area contributed by atoms with Gasteiger partial charge in [-0.25, -0.2) is 9.78 Å². The molecule has 2 aliphatic heterocycles. The lowest BCUT2D eigenvalue weighted by Crippen LogP contribution is -2.44. The standard InChI is InChI=1S/C25H32N4O3/c1-2-24(8-10-31-11-9-24)16-29-17-25(32-23(29)30)7-3-4-20(13-25)15-28-18-27-21-6-5-19(14-26)12-22(21)28/h5-6,12,18,20H,2-4,7-11,13,15-17H2,1H3. The third kappa shape index (κ3) is 3.97. The smallest absolute Gasteiger partial charge is 0.410 e. The molecule has 1 spiro atoms. The van der Waals surface area contributed by atoms with Crippen molar-refractivity contribution in [1.29, 1.82) is 5.26 Å². The van der Waals surface area contributed by atoms with Gasteiger partial charge in [0.25, 0.3) is 0 Å². The number of carbonyl (C=O) groups excluding carboxylic acids is 1. The molecule has 32 heavy (non-hydrogen) atoms. The lowest BCUT2D eigenvalue weighted by atomic mass is 9.76. The summed E-state index contributed by atoms with van der Waals surface area (Å²) >= 11 is 0. The summed E-state index contributed by atoms with van der Waals surface area (Å²) in [4.78, 5) is 19.4. The molecule has 0 radical (unpaired) electrons. The average Bonchev–Trinajstić information content (AvgIpc) is 3.34. The zero-order valence-electron chi connectivity index (χ0n) is 18.9. The lowest BCUT2D eigenvalue weighted by molar-refractivity contribution is -0.00147. The third-order valence-corrected chi connectivity index (χ3v) is 7.98. The number of hydrogen-bond donors (Lipinski definition) is 0. The predicted molar refractivity (Wildman–Crippen MR) is 120 cm³/mol. The van der Waals surface area contributed by atoms with E-state index in [2.05, 4.69) is 22.5 Å². The molecule has 2 saturated heterocycles. The second-order valence-corrected chi connectivity index (χ2v) is 10.0. The fourth-order valence-corrected chi connectivity index (χ4v) is 6.03. The van der Waals surface area contributed by atoms with Crippen LogP contribution in [0.5, 0.6) is 0 Å². The summed E-state index contributed by atoms with van der Waals surface area (Å²) in [5.41, 5.74) is 2.35. The molecular weight excluding hydrogens is 404 g/mol. The minimum Gasteiger partial charge on any atom is -0.441 e. The van der Waals surface area contributed by atoms with Crippen molar-refractivity contribution in [1.82, 2.24) is 14.5 Å². The Morgan fingerprint density at radius 2 is 2.12 bits per heavy atom. The summed E-state index contributed by atoms with van der Waals surface area (Å²) in [6.07, 6.45) is 8.83. The topological polar surface area (TPSA) is 80.4 Å². The van der Waals surface area contributed by atoms with Crippen LogP contribution in [0.3, 0.4) is 0 Å². The van der Waals surface area contributed by atoms with Crippen molar-refractivity contribution in [2.45, 2.75) is 64.0 Å². The molecule has 1 saturated carbocycles. The second-order valence-electron chi connectivity index (χ2n) is 10.0. The van der Waals surface area contributed by atoms with Crippen LogP contribution < -0.4 is 0 Å². The van der Waals surface area contributed by atoms with Gasteiger partial charge in [-0.3, -0.25) is 0 Å². The van der Waals surface area contributed by atoms with Gasteiger partial charge in [0.15, 0.2) is 0 Å². The predicted octanol–water partition coefficient (Wildman–Crippen LogP) is 4.50. The van der Waals surface area contributed by atoms with E-state index in [-0.39, 0.29) is 17.1 Å². The van der Waals surface area contributed by atoms with Crippen LogP contribution in [0.2, 0.25) is 0 Å². The highest BCUT2D eigenvalue weighted by Crippen LogP contribution is 2.43. The first-order valence-corrected chi connectivity index (χ1v) is 11.9. The van der Waals surface area contributed by atoms with E-state index in [0.29, 0.717) is 18.0 Å². The van der Waals surface area contributed by atoms with Crippen LogP contribution in [-0.4, -0.2) is 52.4 Å². The first-order valence-electron chi connectivity index (χ1n) is 11.9. The monoisotopic (exact) mass is 436 g/mol. The highest BCUT2D eigenvalue weighted by Gasteiger charge is 2.49. The average molecular weight is 437 g/mol. The zero-order valence-corrected chi connectivity index (χ0v) is 18.9. The molecule has 1 aromatic heterocycles. The zero-order chi connectivity index (χ0) is 22.2. The number of aromatic nitrogens is 2. The van der Waals surface area contributed by atoms with Crippen LogP contribution in [0.4, 0.5) is 4.79 Å². The van der Waals surface area contributed by atoms with Gasteiger partial charge in [0.1, 0.15) is 5.60 Å². The first-order chi connectivity index (χ1) is 15.5. The van der Waals surface area contributed by atoms with Crippen LogP contribution in [0.1, 0.15) is 57.4 Å². The molecule has 7 nitrogen and oxygen atoms in total. The Balaban J connectivity index is 1.29. The molecule has 2 unspecified atom stereocenters. The molecule has 1 aliphatic carbocycles. The van der Waals surface area contributed by atoms with Gasteiger partial charge in [0.2, 0.25) is 0 Å². The normalized spacial score (nSPS) is 27.6. The molecule has 2 aromatic rings. The number of imidazole rings is 1. The summed E-state index contributed by atoms with van der Waals surface area (Å²) in [7, 11) is 0. The van der Waals surface area contributed by atoms with Crippen LogP contribution in [0.25, 0.3) is 11.0 Å². The van der Waals surface area contributed by atoms with E-state index < -0.39 is 0 Å². The molecule has 3 aliphatic rings. The van der Waals surface area contributed by atoms with E-state index in [4.69, 9.17) is 9.47 Å². The number of carbonyl (C=O) groups is 1. The van der Waals surface area contributed by atoms with Gasteiger partial charge in [-0.2, -0.15) is 5.26 Å². The van der Waals surface area contributed by atoms with Gasteiger partial charge < -0.3 is 18.9 Å². The summed E-state index contributed by atoms with van der Waals surface area (Å²) in [6, 6.07) is 7.85. The van der Waals surface area contributed by atoms with Crippen LogP contribution in [0.15, 0.2) is 24.5 Å². The van der Waals surface area contributed by atoms with E-state index in [1.54, 1.807) is 0 Å². The first kappa shape index (κ1) is 21.3. The summed E-state index contributed by atoms with van der Waals surface area (Å²) in [6.45, 7) is 6.12. The maximum absolute atomic E-state index is 12.9. The second kappa shape index (κ2) is 8.40. The minimum atomic E-state index is -0.367. The molecule has 0 N–H and O–H groups in total. The molecule has 3 fully saturated rings. The molecule has 5 rings (SSSR count). The number of nitriles is 1. The van der Waals surface area contributed by atoms with Crippen molar-refractivity contribution < 1.29 is 14.3 Å². The highest BCUT2D eigenvalue weighted by atomic mass is 16.6. The molecule has 0 bridgehead atoms. The Bertz CT molecular complexity index is 1040. The molecule has 3 heterocycles. The van der Waals surface area contributed by atoms with E-state index in [9.17, 15) is 10.1 Å². The number of benzene rings is 1. The van der Waals surface area contributed by atoms with Gasteiger partial charge in [0, 0.05) is 26.3 Å². The Labute approximate surface area is 189 Å². The molecule has 1 aromatic carbocycles. The van der Waals surface area contributed by atoms with E-state index in [0.717, 1.165) is 82.3 Å². The SMILES string of the molecule is CCC1(CN2CC3(CCCC(Cn4cnc5ccc(C#N)cc54)C3)OC2=O)CCOCC1. The molecule has 2 atom stereocenters. The summed E-state index contributed by atoms with van der Waals surface area (Å²) in [5, 5.41) is 9.25. The van der Waals surface area contributed by atoms with Crippen LogP contribution >= 0.6 is 0 Å². The summed E-state index contributed by atoms with van der Waals surface area (Å²) < 4.78 is 13.8. The van der Waals surface area contributed by atoms with E-state index in [1.165, 1.54) is 0 Å². The number of amides is 1. The van der Waals surface area contributed by atoms with Gasteiger partial charge in [-0.15, -0.1) is 0 Å². The van der Waals surface area contributed by atoms with Gasteiger partial charge in [-0.05, 0) is 74.5 Å². The van der Waals surface area contributed by atoms with Crippen molar-refractivity contribution in [2.24, 2.45) is 11.3 Å². The highest BCUT2D eigenvalue weighted by molar-refractivity contribution is 5.77. The Hall–Kier alpha value is -2.59. The van der Waals surface area contributed by atoms with Gasteiger partial charge in [0.05, 0.1) is 35.5 Å². The molecule has 1 amide bonds. The molecule has 7 heteroatoms. The third-order valence-electron chi connectivity index (χ3n) is 7.98. The fraction of sp³-hybridized carbons (Fsp3) is 0.640. The molecular formula is C25H32N4O3. The largest absolute Gasteiger partial charge is 0.441 e. The summed E-state index contributed by atoms with van der Waals surface area (Å²) in [5.74, 6) is 0.419. The van der Waals surface area contributed by atoms with Crippen molar-refractivity contribution in [3.05, 3.63) is 30.1 Å². The Kier molecular flexibility index (Phi) is 5.58. The number of ether oxygens (including phenoxy) is 2. The van der Waals surface area contributed by atoms with Crippen LogP contribution in [0, 0.1) is 22.7 Å². The quantitative estimate of drug-likeness (QED) is 0.690. The van der Waals surface area contributed by atoms with Crippen LogP contribution in [-0.2, 0) is 16.0 Å². The van der Waals surface area contributed by atoms with E-state index in [1.807, 2.05) is 29.4 Å². The molecule has 170 valence electrons. The Morgan fingerprint density at radius 3 is 2.91 bits per heavy atom. The fourth-order valence-electron chi connectivity index (χ4n) is 6.03. The number of rotatable bonds is 5. The number of fused-ring (bicyclic) bond motifs is 1. The van der Waals surface area contributed by atoms with Crippen molar-refractivity contribution in [3.63, 3.8) is 0 Å².